The van der Waals surface area contributed by atoms with E-state index in [9.17, 15) is 23.3 Å². The fraction of sp³-hybridized carbons (Fsp3) is 0.278. The number of carbonyl (C=O) groups is 1. The molecule has 9 nitrogen and oxygen atoms in total. The number of amides is 1. The van der Waals surface area contributed by atoms with Gasteiger partial charge in [-0.05, 0) is 25.1 Å². The summed E-state index contributed by atoms with van der Waals surface area (Å²) in [4.78, 5) is 22.5. The minimum atomic E-state index is -4.08. The molecule has 0 aliphatic rings. The van der Waals surface area contributed by atoms with E-state index in [1.807, 2.05) is 0 Å². The molecule has 0 atom stereocenters. The Morgan fingerprint density at radius 2 is 1.96 bits per heavy atom. The van der Waals surface area contributed by atoms with Gasteiger partial charge in [0.15, 0.2) is 0 Å². The SMILES string of the molecule is CCN(CC(=O)Nc1cccc(OC)c1)S(=O)(=O)c1ccc(C)c([N+](=O)[O-])c1. The molecule has 2 aromatic rings. The first-order valence-corrected chi connectivity index (χ1v) is 9.82. The molecule has 150 valence electrons. The van der Waals surface area contributed by atoms with Gasteiger partial charge in [0, 0.05) is 29.9 Å². The highest BCUT2D eigenvalue weighted by atomic mass is 32.2. The maximum absolute atomic E-state index is 12.8. The van der Waals surface area contributed by atoms with Gasteiger partial charge in [-0.3, -0.25) is 14.9 Å². The van der Waals surface area contributed by atoms with Gasteiger partial charge in [0.2, 0.25) is 15.9 Å². The number of hydrogen-bond donors (Lipinski definition) is 1. The number of aryl methyl sites for hydroxylation is 1. The first-order chi connectivity index (χ1) is 13.2. The second-order valence-corrected chi connectivity index (χ2v) is 7.85. The highest BCUT2D eigenvalue weighted by Crippen LogP contribution is 2.24. The van der Waals surface area contributed by atoms with Gasteiger partial charge >= 0.3 is 0 Å². The molecule has 28 heavy (non-hydrogen) atoms. The summed E-state index contributed by atoms with van der Waals surface area (Å²) in [5.41, 5.74) is 0.518. The van der Waals surface area contributed by atoms with E-state index in [2.05, 4.69) is 5.32 Å². The molecular weight excluding hydrogens is 386 g/mol. The summed E-state index contributed by atoms with van der Waals surface area (Å²) in [7, 11) is -2.59. The van der Waals surface area contributed by atoms with Crippen molar-refractivity contribution in [2.45, 2.75) is 18.7 Å². The zero-order valence-electron chi connectivity index (χ0n) is 15.7. The Kier molecular flexibility index (Phi) is 6.71. The number of nitro groups is 1. The number of hydrogen-bond acceptors (Lipinski definition) is 6. The van der Waals surface area contributed by atoms with E-state index in [1.165, 1.54) is 26.2 Å². The number of likely N-dealkylation sites (N-methyl/N-ethyl adjacent to an activating group) is 1. The summed E-state index contributed by atoms with van der Waals surface area (Å²) in [5.74, 6) is 0.00465. The topological polar surface area (TPSA) is 119 Å². The number of anilines is 1. The Hall–Kier alpha value is -2.98. The number of rotatable bonds is 8. The molecule has 0 fully saturated rings. The largest absolute Gasteiger partial charge is 0.497 e. The van der Waals surface area contributed by atoms with Gasteiger partial charge in [0.1, 0.15) is 5.75 Å². The van der Waals surface area contributed by atoms with Crippen LogP contribution in [-0.4, -0.2) is 43.8 Å². The monoisotopic (exact) mass is 407 g/mol. The van der Waals surface area contributed by atoms with Gasteiger partial charge in [-0.1, -0.05) is 19.1 Å². The van der Waals surface area contributed by atoms with Gasteiger partial charge in [-0.15, -0.1) is 0 Å². The summed E-state index contributed by atoms with van der Waals surface area (Å²) in [6, 6.07) is 10.3. The molecule has 0 bridgehead atoms. The molecule has 0 aromatic heterocycles. The minimum absolute atomic E-state index is 0.0234. The smallest absolute Gasteiger partial charge is 0.273 e. The van der Waals surface area contributed by atoms with Crippen LogP contribution in [0.3, 0.4) is 0 Å². The van der Waals surface area contributed by atoms with Crippen LogP contribution < -0.4 is 10.1 Å². The van der Waals surface area contributed by atoms with Crippen LogP contribution in [0.25, 0.3) is 0 Å². The second kappa shape index (κ2) is 8.81. The van der Waals surface area contributed by atoms with Crippen molar-refractivity contribution in [1.82, 2.24) is 4.31 Å². The van der Waals surface area contributed by atoms with Crippen LogP contribution in [0.2, 0.25) is 0 Å². The van der Waals surface area contributed by atoms with E-state index in [0.717, 1.165) is 10.4 Å². The average molecular weight is 407 g/mol. The van der Waals surface area contributed by atoms with Crippen LogP contribution in [-0.2, 0) is 14.8 Å². The number of nitro benzene ring substituents is 1. The van der Waals surface area contributed by atoms with Crippen molar-refractivity contribution in [2.75, 3.05) is 25.5 Å². The van der Waals surface area contributed by atoms with Crippen molar-refractivity contribution < 1.29 is 22.9 Å². The molecule has 0 unspecified atom stereocenters. The van der Waals surface area contributed by atoms with Gasteiger partial charge in [0.05, 0.1) is 23.5 Å². The lowest BCUT2D eigenvalue weighted by molar-refractivity contribution is -0.385. The zero-order chi connectivity index (χ0) is 20.9. The van der Waals surface area contributed by atoms with E-state index in [0.29, 0.717) is 17.0 Å². The van der Waals surface area contributed by atoms with Crippen LogP contribution >= 0.6 is 0 Å². The molecular formula is C18H21N3O6S. The van der Waals surface area contributed by atoms with Crippen molar-refractivity contribution in [2.24, 2.45) is 0 Å². The van der Waals surface area contributed by atoms with Gasteiger partial charge in [-0.2, -0.15) is 4.31 Å². The van der Waals surface area contributed by atoms with Crippen LogP contribution in [0.4, 0.5) is 11.4 Å². The number of nitrogens with one attached hydrogen (secondary N) is 1. The molecule has 0 heterocycles. The maximum Gasteiger partial charge on any atom is 0.273 e. The lowest BCUT2D eigenvalue weighted by Gasteiger charge is -2.20. The Bertz CT molecular complexity index is 991. The maximum atomic E-state index is 12.8. The highest BCUT2D eigenvalue weighted by Gasteiger charge is 2.27. The standard InChI is InChI=1S/C18H21N3O6S/c1-4-20(12-18(22)19-14-6-5-7-15(10-14)27-3)28(25,26)16-9-8-13(2)17(11-16)21(23)24/h5-11H,4,12H2,1-3H3,(H,19,22). The number of ether oxygens (including phenoxy) is 1. The molecule has 0 spiro atoms. The summed E-state index contributed by atoms with van der Waals surface area (Å²) in [5, 5.41) is 13.7. The molecule has 0 saturated heterocycles. The Labute approximate surface area is 163 Å². The molecule has 0 saturated carbocycles. The quantitative estimate of drug-likeness (QED) is 0.531. The minimum Gasteiger partial charge on any atom is -0.497 e. The molecule has 0 aliphatic carbocycles. The second-order valence-electron chi connectivity index (χ2n) is 5.92. The Morgan fingerprint density at radius 1 is 1.25 bits per heavy atom. The number of methoxy groups -OCH3 is 1. The van der Waals surface area contributed by atoms with Crippen molar-refractivity contribution in [3.8, 4) is 5.75 Å². The third kappa shape index (κ3) is 4.84. The van der Waals surface area contributed by atoms with Gasteiger partial charge < -0.3 is 10.1 Å². The van der Waals surface area contributed by atoms with E-state index >= 15 is 0 Å². The van der Waals surface area contributed by atoms with Crippen LogP contribution in [0.1, 0.15) is 12.5 Å². The van der Waals surface area contributed by atoms with Crippen LogP contribution in [0, 0.1) is 17.0 Å². The predicted octanol–water partition coefficient (Wildman–Crippen LogP) is 2.56. The predicted molar refractivity (Wildman–Crippen MR) is 104 cm³/mol. The first kappa shape index (κ1) is 21.3. The fourth-order valence-electron chi connectivity index (χ4n) is 2.52. The molecule has 0 aliphatic heterocycles. The van der Waals surface area contributed by atoms with Crippen LogP contribution in [0.5, 0.6) is 5.75 Å². The summed E-state index contributed by atoms with van der Waals surface area (Å²) < 4.78 is 31.7. The Balaban J connectivity index is 2.22. The van der Waals surface area contributed by atoms with E-state index < -0.39 is 27.4 Å². The molecule has 2 rings (SSSR count). The van der Waals surface area contributed by atoms with Crippen molar-refractivity contribution >= 4 is 27.3 Å². The van der Waals surface area contributed by atoms with E-state index in [4.69, 9.17) is 4.74 Å². The number of carbonyl (C=O) groups excluding carboxylic acids is 1. The summed E-state index contributed by atoms with van der Waals surface area (Å²) >= 11 is 0. The fourth-order valence-corrected chi connectivity index (χ4v) is 3.95. The summed E-state index contributed by atoms with van der Waals surface area (Å²) in [6.45, 7) is 2.69. The zero-order valence-corrected chi connectivity index (χ0v) is 16.5. The highest BCUT2D eigenvalue weighted by molar-refractivity contribution is 7.89. The molecule has 1 amide bonds. The third-order valence-electron chi connectivity index (χ3n) is 4.04. The van der Waals surface area contributed by atoms with Gasteiger partial charge in [0.25, 0.3) is 5.69 Å². The molecule has 10 heteroatoms. The lowest BCUT2D eigenvalue weighted by atomic mass is 10.2. The average Bonchev–Trinajstić information content (AvgIpc) is 2.66. The summed E-state index contributed by atoms with van der Waals surface area (Å²) in [6.07, 6.45) is 0. The molecule has 1 N–H and O–H groups in total. The molecule has 2 aromatic carbocycles. The first-order valence-electron chi connectivity index (χ1n) is 8.38. The number of benzene rings is 2. The van der Waals surface area contributed by atoms with E-state index in [1.54, 1.807) is 31.2 Å². The van der Waals surface area contributed by atoms with Crippen molar-refractivity contribution in [1.29, 1.82) is 0 Å². The number of sulfonamides is 1. The molecule has 0 radical (unpaired) electrons. The van der Waals surface area contributed by atoms with Crippen LogP contribution in [0.15, 0.2) is 47.4 Å². The van der Waals surface area contributed by atoms with Crippen molar-refractivity contribution in [3.63, 3.8) is 0 Å². The van der Waals surface area contributed by atoms with E-state index in [-0.39, 0.29) is 17.1 Å². The third-order valence-corrected chi connectivity index (χ3v) is 5.96. The normalized spacial score (nSPS) is 11.3. The number of nitrogens with zero attached hydrogens (tertiary/aromatic N) is 2. The lowest BCUT2D eigenvalue weighted by Crippen LogP contribution is -2.37. The Morgan fingerprint density at radius 3 is 2.57 bits per heavy atom. The van der Waals surface area contributed by atoms with Gasteiger partial charge in [-0.25, -0.2) is 8.42 Å². The van der Waals surface area contributed by atoms with Crippen molar-refractivity contribution in [3.05, 3.63) is 58.1 Å².